The number of alkyl halides is 3. The molecule has 0 saturated heterocycles. The van der Waals surface area contributed by atoms with Crippen LogP contribution in [-0.4, -0.2) is 27.8 Å². The summed E-state index contributed by atoms with van der Waals surface area (Å²) in [5.41, 5.74) is -0.180. The molecule has 1 amide bonds. The smallest absolute Gasteiger partial charge is 0.422 e. The number of aromatic nitrogens is 2. The second-order valence-corrected chi connectivity index (χ2v) is 5.94. The van der Waals surface area contributed by atoms with Gasteiger partial charge in [-0.3, -0.25) is 14.2 Å². The van der Waals surface area contributed by atoms with Gasteiger partial charge in [0.2, 0.25) is 5.91 Å². The molecule has 0 fully saturated rings. The first-order valence-electron chi connectivity index (χ1n) is 8.08. The molecule has 1 heterocycles. The van der Waals surface area contributed by atoms with Crippen LogP contribution in [0.15, 0.2) is 46.1 Å². The summed E-state index contributed by atoms with van der Waals surface area (Å²) >= 11 is 0. The third kappa shape index (κ3) is 5.86. The minimum Gasteiger partial charge on any atom is -0.484 e. The number of nitrogens with one attached hydrogen (secondary N) is 1. The van der Waals surface area contributed by atoms with E-state index >= 15 is 0 Å². The summed E-state index contributed by atoms with van der Waals surface area (Å²) in [7, 11) is 2.82. The van der Waals surface area contributed by atoms with E-state index in [2.05, 4.69) is 10.1 Å². The lowest BCUT2D eigenvalue weighted by molar-refractivity contribution is -0.153. The quantitative estimate of drug-likeness (QED) is 0.747. The first-order valence-corrected chi connectivity index (χ1v) is 8.08. The number of carbonyl (C=O) groups excluding carboxylic acids is 1. The maximum atomic E-state index is 12.1. The lowest BCUT2D eigenvalue weighted by Gasteiger charge is -2.09. The van der Waals surface area contributed by atoms with Gasteiger partial charge >= 0.3 is 11.9 Å². The Balaban J connectivity index is 1.93. The molecule has 0 atom stereocenters. The molecule has 2 aromatic rings. The number of rotatable bonds is 6. The van der Waals surface area contributed by atoms with E-state index in [4.69, 9.17) is 0 Å². The van der Waals surface area contributed by atoms with E-state index in [-0.39, 0.29) is 17.9 Å². The molecule has 0 bridgehead atoms. The van der Waals surface area contributed by atoms with Gasteiger partial charge in [-0.2, -0.15) is 13.2 Å². The fraction of sp³-hybridized carbons (Fsp3) is 0.278. The van der Waals surface area contributed by atoms with Gasteiger partial charge in [-0.05, 0) is 23.8 Å². The molecule has 0 radical (unpaired) electrons. The fourth-order valence-corrected chi connectivity index (χ4v) is 2.23. The second-order valence-electron chi connectivity index (χ2n) is 5.94. The predicted octanol–water partition coefficient (Wildman–Crippen LogP) is 1.35. The molecule has 1 aromatic heterocycles. The van der Waals surface area contributed by atoms with E-state index in [0.29, 0.717) is 5.56 Å². The number of amides is 1. The molecule has 150 valence electrons. The van der Waals surface area contributed by atoms with Crippen molar-refractivity contribution in [2.24, 2.45) is 14.1 Å². The predicted molar refractivity (Wildman–Crippen MR) is 95.8 cm³/mol. The van der Waals surface area contributed by atoms with Crippen LogP contribution in [0.1, 0.15) is 11.1 Å². The fourth-order valence-electron chi connectivity index (χ4n) is 2.23. The van der Waals surface area contributed by atoms with E-state index in [1.165, 1.54) is 55.2 Å². The summed E-state index contributed by atoms with van der Waals surface area (Å²) in [4.78, 5) is 35.5. The Labute approximate surface area is 157 Å². The molecule has 0 saturated carbocycles. The highest BCUT2D eigenvalue weighted by Crippen LogP contribution is 2.18. The van der Waals surface area contributed by atoms with E-state index in [9.17, 15) is 27.6 Å². The van der Waals surface area contributed by atoms with Gasteiger partial charge in [-0.25, -0.2) is 4.79 Å². The molecule has 0 spiro atoms. The van der Waals surface area contributed by atoms with E-state index in [0.717, 1.165) is 10.6 Å². The molecule has 0 aliphatic rings. The Hall–Kier alpha value is -3.30. The van der Waals surface area contributed by atoms with E-state index in [1.54, 1.807) is 0 Å². The van der Waals surface area contributed by atoms with Crippen LogP contribution in [0.3, 0.4) is 0 Å². The monoisotopic (exact) mass is 397 g/mol. The number of halogens is 3. The zero-order valence-corrected chi connectivity index (χ0v) is 15.1. The average Bonchev–Trinajstić information content (AvgIpc) is 2.65. The van der Waals surface area contributed by atoms with Crippen LogP contribution in [0.2, 0.25) is 0 Å². The van der Waals surface area contributed by atoms with Crippen molar-refractivity contribution in [1.82, 2.24) is 14.5 Å². The molecule has 0 aliphatic carbocycles. The number of ether oxygens (including phenoxy) is 1. The van der Waals surface area contributed by atoms with Gasteiger partial charge < -0.3 is 14.6 Å². The number of hydrogen-bond donors (Lipinski definition) is 1. The normalized spacial score (nSPS) is 11.6. The average molecular weight is 397 g/mol. The van der Waals surface area contributed by atoms with Crippen LogP contribution in [-0.2, 0) is 25.4 Å². The molecule has 28 heavy (non-hydrogen) atoms. The third-order valence-electron chi connectivity index (χ3n) is 3.68. The molecule has 2 rings (SSSR count). The van der Waals surface area contributed by atoms with Crippen LogP contribution in [0.5, 0.6) is 5.75 Å². The molecule has 7 nitrogen and oxygen atoms in total. The molecule has 10 heteroatoms. The van der Waals surface area contributed by atoms with Gasteiger partial charge in [0.15, 0.2) is 6.61 Å². The van der Waals surface area contributed by atoms with Crippen LogP contribution in [0.25, 0.3) is 6.08 Å². The summed E-state index contributed by atoms with van der Waals surface area (Å²) < 4.78 is 43.0. The first kappa shape index (κ1) is 21.0. The van der Waals surface area contributed by atoms with Gasteiger partial charge in [0.1, 0.15) is 5.75 Å². The molecular weight excluding hydrogens is 379 g/mol. The summed E-state index contributed by atoms with van der Waals surface area (Å²) in [6.07, 6.45) is -0.633. The van der Waals surface area contributed by atoms with E-state index < -0.39 is 29.9 Å². The summed E-state index contributed by atoms with van der Waals surface area (Å²) in [6, 6.07) is 5.80. The summed E-state index contributed by atoms with van der Waals surface area (Å²) in [6.45, 7) is -1.24. The van der Waals surface area contributed by atoms with Crippen molar-refractivity contribution in [3.63, 3.8) is 0 Å². The molecule has 1 aromatic carbocycles. The van der Waals surface area contributed by atoms with Crippen molar-refractivity contribution < 1.29 is 22.7 Å². The Bertz CT molecular complexity index is 989. The number of carbonyl (C=O) groups is 1. The minimum absolute atomic E-state index is 0.0674. The van der Waals surface area contributed by atoms with Crippen molar-refractivity contribution in [3.05, 3.63) is 68.5 Å². The maximum absolute atomic E-state index is 12.1. The lowest BCUT2D eigenvalue weighted by Crippen LogP contribution is -2.37. The van der Waals surface area contributed by atoms with Crippen molar-refractivity contribution in [1.29, 1.82) is 0 Å². The minimum atomic E-state index is -4.41. The SMILES string of the molecule is Cn1cc(C=CC(=O)NCc2ccc(OCC(F)(F)F)cc2)c(=O)n(C)c1=O. The van der Waals surface area contributed by atoms with Gasteiger partial charge in [0.05, 0.1) is 5.56 Å². The third-order valence-corrected chi connectivity index (χ3v) is 3.68. The Morgan fingerprint density at radius 3 is 2.43 bits per heavy atom. The van der Waals surface area contributed by atoms with Crippen molar-refractivity contribution >= 4 is 12.0 Å². The number of hydrogen-bond acceptors (Lipinski definition) is 4. The summed E-state index contributed by atoms with van der Waals surface area (Å²) in [5.74, 6) is -0.411. The number of aryl methyl sites for hydroxylation is 1. The molecule has 0 aliphatic heterocycles. The Morgan fingerprint density at radius 1 is 1.18 bits per heavy atom. The largest absolute Gasteiger partial charge is 0.484 e. The first-order chi connectivity index (χ1) is 13.1. The summed E-state index contributed by atoms with van der Waals surface area (Å²) in [5, 5.41) is 2.58. The van der Waals surface area contributed by atoms with Gasteiger partial charge in [0, 0.05) is 32.9 Å². The number of benzene rings is 1. The number of nitrogens with zero attached hydrogens (tertiary/aromatic N) is 2. The van der Waals surface area contributed by atoms with Gasteiger partial charge in [0.25, 0.3) is 5.56 Å². The standard InChI is InChI=1S/C18H18F3N3O4/c1-23-10-13(16(26)24(2)17(23)27)5-8-15(25)22-9-12-3-6-14(7-4-12)28-11-18(19,20)21/h3-8,10H,9,11H2,1-2H3,(H,22,25). The van der Waals surface area contributed by atoms with Gasteiger partial charge in [-0.15, -0.1) is 0 Å². The molecule has 0 unspecified atom stereocenters. The van der Waals surface area contributed by atoms with E-state index in [1.807, 2.05) is 0 Å². The Kier molecular flexibility index (Phi) is 6.45. The van der Waals surface area contributed by atoms with Crippen LogP contribution in [0.4, 0.5) is 13.2 Å². The highest BCUT2D eigenvalue weighted by molar-refractivity contribution is 5.91. The second kappa shape index (κ2) is 8.59. The highest BCUT2D eigenvalue weighted by atomic mass is 19.4. The molecular formula is C18H18F3N3O4. The van der Waals surface area contributed by atoms with Crippen molar-refractivity contribution in [2.45, 2.75) is 12.7 Å². The maximum Gasteiger partial charge on any atom is 0.422 e. The van der Waals surface area contributed by atoms with Crippen molar-refractivity contribution in [3.8, 4) is 5.75 Å². The van der Waals surface area contributed by atoms with Crippen molar-refractivity contribution in [2.75, 3.05) is 6.61 Å². The van der Waals surface area contributed by atoms with Crippen LogP contribution in [0, 0.1) is 0 Å². The zero-order valence-electron chi connectivity index (χ0n) is 15.1. The topological polar surface area (TPSA) is 82.3 Å². The zero-order chi connectivity index (χ0) is 20.9. The lowest BCUT2D eigenvalue weighted by atomic mass is 10.2. The highest BCUT2D eigenvalue weighted by Gasteiger charge is 2.28. The van der Waals surface area contributed by atoms with Gasteiger partial charge in [-0.1, -0.05) is 12.1 Å². The van der Waals surface area contributed by atoms with Crippen LogP contribution < -0.4 is 21.3 Å². The van der Waals surface area contributed by atoms with Crippen LogP contribution >= 0.6 is 0 Å². The Morgan fingerprint density at radius 2 is 1.82 bits per heavy atom. The molecule has 1 N–H and O–H groups in total.